The van der Waals surface area contributed by atoms with E-state index in [1.54, 1.807) is 43.4 Å². The lowest BCUT2D eigenvalue weighted by Gasteiger charge is -2.23. The number of carbonyl (C=O) groups is 3. The van der Waals surface area contributed by atoms with Crippen molar-refractivity contribution in [1.82, 2.24) is 10.2 Å². The summed E-state index contributed by atoms with van der Waals surface area (Å²) < 4.78 is 0. The number of amides is 3. The third kappa shape index (κ3) is 5.22. The summed E-state index contributed by atoms with van der Waals surface area (Å²) in [6.45, 7) is 4.17. The summed E-state index contributed by atoms with van der Waals surface area (Å²) in [6.07, 6.45) is 2.01. The smallest absolute Gasteiger partial charge is 0.254 e. The molecule has 3 rings (SSSR count). The molecule has 0 unspecified atom stereocenters. The molecule has 1 fully saturated rings. The molecule has 29 heavy (non-hydrogen) atoms. The topological polar surface area (TPSA) is 78.5 Å². The second kappa shape index (κ2) is 8.90. The Labute approximate surface area is 171 Å². The molecule has 2 N–H and O–H groups in total. The lowest BCUT2D eigenvalue weighted by atomic mass is 10.1. The Balaban J connectivity index is 1.70. The number of rotatable bonds is 7. The number of hydrogen-bond donors (Lipinski definition) is 2. The van der Waals surface area contributed by atoms with Crippen molar-refractivity contribution in [2.75, 3.05) is 12.4 Å². The number of nitrogens with zero attached hydrogens (tertiary/aromatic N) is 1. The second-order valence-corrected chi connectivity index (χ2v) is 7.66. The van der Waals surface area contributed by atoms with Gasteiger partial charge in [-0.25, -0.2) is 0 Å². The highest BCUT2D eigenvalue weighted by molar-refractivity contribution is 5.96. The minimum Gasteiger partial charge on any atom is -0.355 e. The summed E-state index contributed by atoms with van der Waals surface area (Å²) in [5.41, 5.74) is 2.86. The van der Waals surface area contributed by atoms with E-state index in [4.69, 9.17) is 0 Å². The molecule has 2 aromatic rings. The predicted molar refractivity (Wildman–Crippen MR) is 113 cm³/mol. The fourth-order valence-electron chi connectivity index (χ4n) is 3.00. The van der Waals surface area contributed by atoms with Crippen LogP contribution in [0, 0.1) is 5.92 Å². The fraction of sp³-hybridized carbons (Fsp3) is 0.348. The molecule has 1 aliphatic rings. The van der Waals surface area contributed by atoms with Crippen molar-refractivity contribution in [2.45, 2.75) is 39.3 Å². The van der Waals surface area contributed by atoms with Gasteiger partial charge in [0.1, 0.15) is 0 Å². The van der Waals surface area contributed by atoms with Gasteiger partial charge in [-0.05, 0) is 54.8 Å². The van der Waals surface area contributed by atoms with Gasteiger partial charge in [-0.2, -0.15) is 0 Å². The van der Waals surface area contributed by atoms with Gasteiger partial charge in [-0.3, -0.25) is 14.4 Å². The zero-order valence-corrected chi connectivity index (χ0v) is 17.1. The van der Waals surface area contributed by atoms with Crippen LogP contribution in [-0.2, 0) is 11.3 Å². The minimum absolute atomic E-state index is 0.0235. The Bertz CT molecular complexity index is 885. The summed E-state index contributed by atoms with van der Waals surface area (Å²) in [4.78, 5) is 38.5. The van der Waals surface area contributed by atoms with Crippen LogP contribution in [0.3, 0.4) is 0 Å². The van der Waals surface area contributed by atoms with Gasteiger partial charge < -0.3 is 15.5 Å². The van der Waals surface area contributed by atoms with Gasteiger partial charge in [0.05, 0.1) is 0 Å². The van der Waals surface area contributed by atoms with Crippen LogP contribution in [0.1, 0.15) is 53.0 Å². The molecule has 0 heterocycles. The van der Waals surface area contributed by atoms with Crippen LogP contribution in [0.4, 0.5) is 5.69 Å². The maximum atomic E-state index is 13.1. The lowest BCUT2D eigenvalue weighted by Crippen LogP contribution is -2.32. The highest BCUT2D eigenvalue weighted by atomic mass is 16.2. The van der Waals surface area contributed by atoms with Crippen molar-refractivity contribution >= 4 is 23.4 Å². The minimum atomic E-state index is -0.128. The van der Waals surface area contributed by atoms with Crippen molar-refractivity contribution in [1.29, 1.82) is 0 Å². The Morgan fingerprint density at radius 2 is 1.55 bits per heavy atom. The number of anilines is 1. The van der Waals surface area contributed by atoms with Gasteiger partial charge in [-0.1, -0.05) is 26.0 Å². The third-order valence-electron chi connectivity index (χ3n) is 4.97. The molecule has 1 aliphatic carbocycles. The Morgan fingerprint density at radius 1 is 0.966 bits per heavy atom. The molecule has 1 saturated carbocycles. The molecule has 0 bridgehead atoms. The van der Waals surface area contributed by atoms with Crippen LogP contribution >= 0.6 is 0 Å². The third-order valence-corrected chi connectivity index (χ3v) is 4.97. The number of hydrogen-bond acceptors (Lipinski definition) is 3. The first kappa shape index (κ1) is 20.6. The standard InChI is InChI=1S/C23H27N3O3/c1-15(2)21(27)25-19-10-8-18(9-11-19)23(29)26(20-12-13-20)14-16-4-6-17(7-5-16)22(28)24-3/h4-11,15,20H,12-14H2,1-3H3,(H,24,28)(H,25,27). The largest absolute Gasteiger partial charge is 0.355 e. The molecular formula is C23H27N3O3. The van der Waals surface area contributed by atoms with E-state index >= 15 is 0 Å². The van der Waals surface area contributed by atoms with Crippen LogP contribution in [0.15, 0.2) is 48.5 Å². The molecule has 3 amide bonds. The predicted octanol–water partition coefficient (Wildman–Crippen LogP) is 3.45. The van der Waals surface area contributed by atoms with Crippen molar-refractivity contribution in [3.05, 3.63) is 65.2 Å². The van der Waals surface area contributed by atoms with Crippen LogP contribution in [-0.4, -0.2) is 35.7 Å². The van der Waals surface area contributed by atoms with Crippen LogP contribution in [0.2, 0.25) is 0 Å². The van der Waals surface area contributed by atoms with E-state index in [1.165, 1.54) is 0 Å². The van der Waals surface area contributed by atoms with E-state index in [1.807, 2.05) is 30.9 Å². The second-order valence-electron chi connectivity index (χ2n) is 7.66. The summed E-state index contributed by atoms with van der Waals surface area (Å²) >= 11 is 0. The molecule has 0 saturated heterocycles. The maximum absolute atomic E-state index is 13.1. The van der Waals surface area contributed by atoms with Crippen molar-refractivity contribution in [3.8, 4) is 0 Å². The van der Waals surface area contributed by atoms with E-state index in [0.717, 1.165) is 18.4 Å². The average molecular weight is 393 g/mol. The Kier molecular flexibility index (Phi) is 6.32. The van der Waals surface area contributed by atoms with Crippen LogP contribution in [0.5, 0.6) is 0 Å². The first-order valence-corrected chi connectivity index (χ1v) is 9.92. The van der Waals surface area contributed by atoms with Gasteiger partial charge in [0.25, 0.3) is 11.8 Å². The normalized spacial score (nSPS) is 13.1. The zero-order valence-electron chi connectivity index (χ0n) is 17.1. The van der Waals surface area contributed by atoms with Crippen molar-refractivity contribution in [3.63, 3.8) is 0 Å². The first-order valence-electron chi connectivity index (χ1n) is 9.92. The average Bonchev–Trinajstić information content (AvgIpc) is 3.57. The molecule has 6 heteroatoms. The molecule has 0 radical (unpaired) electrons. The molecule has 152 valence electrons. The van der Waals surface area contributed by atoms with Gasteiger partial charge in [0, 0.05) is 42.4 Å². The molecule has 0 aromatic heterocycles. The molecule has 2 aromatic carbocycles. The summed E-state index contributed by atoms with van der Waals surface area (Å²) in [7, 11) is 1.60. The van der Waals surface area contributed by atoms with E-state index in [2.05, 4.69) is 10.6 Å². The van der Waals surface area contributed by atoms with Gasteiger partial charge >= 0.3 is 0 Å². The van der Waals surface area contributed by atoms with Crippen LogP contribution in [0.25, 0.3) is 0 Å². The van der Waals surface area contributed by atoms with E-state index in [0.29, 0.717) is 23.4 Å². The lowest BCUT2D eigenvalue weighted by molar-refractivity contribution is -0.118. The quantitative estimate of drug-likeness (QED) is 0.756. The molecule has 0 atom stereocenters. The first-order chi connectivity index (χ1) is 13.9. The van der Waals surface area contributed by atoms with E-state index < -0.39 is 0 Å². The fourth-order valence-corrected chi connectivity index (χ4v) is 3.00. The highest BCUT2D eigenvalue weighted by Gasteiger charge is 2.33. The molecule has 0 spiro atoms. The van der Waals surface area contributed by atoms with Crippen molar-refractivity contribution < 1.29 is 14.4 Å². The summed E-state index contributed by atoms with van der Waals surface area (Å²) in [6, 6.07) is 14.6. The van der Waals surface area contributed by atoms with Gasteiger partial charge in [0.2, 0.25) is 5.91 Å². The number of benzene rings is 2. The van der Waals surface area contributed by atoms with Crippen molar-refractivity contribution in [2.24, 2.45) is 5.92 Å². The zero-order chi connectivity index (χ0) is 21.0. The molecular weight excluding hydrogens is 366 g/mol. The Hall–Kier alpha value is -3.15. The Morgan fingerprint density at radius 3 is 2.07 bits per heavy atom. The monoisotopic (exact) mass is 393 g/mol. The SMILES string of the molecule is CNC(=O)c1ccc(CN(C(=O)c2ccc(NC(=O)C(C)C)cc2)C2CC2)cc1. The summed E-state index contributed by atoms with van der Waals surface area (Å²) in [5.74, 6) is -0.304. The number of carbonyl (C=O) groups excluding carboxylic acids is 3. The number of nitrogens with one attached hydrogen (secondary N) is 2. The van der Waals surface area contributed by atoms with Gasteiger partial charge in [-0.15, -0.1) is 0 Å². The van der Waals surface area contributed by atoms with E-state index in [-0.39, 0.29) is 29.7 Å². The highest BCUT2D eigenvalue weighted by Crippen LogP contribution is 2.30. The van der Waals surface area contributed by atoms with Gasteiger partial charge in [0.15, 0.2) is 0 Å². The molecule has 0 aliphatic heterocycles. The van der Waals surface area contributed by atoms with E-state index in [9.17, 15) is 14.4 Å². The maximum Gasteiger partial charge on any atom is 0.254 e. The molecule has 6 nitrogen and oxygen atoms in total. The summed E-state index contributed by atoms with van der Waals surface area (Å²) in [5, 5.41) is 5.44. The van der Waals surface area contributed by atoms with Crippen LogP contribution < -0.4 is 10.6 Å².